The first-order valence-corrected chi connectivity index (χ1v) is 6.24. The number of nitrogens with one attached hydrogen (secondary N) is 1. The Morgan fingerprint density at radius 1 is 1.29 bits per heavy atom. The molecule has 0 radical (unpaired) electrons. The molecule has 1 N–H and O–H groups in total. The van der Waals surface area contributed by atoms with Crippen molar-refractivity contribution >= 4 is 11.6 Å². The summed E-state index contributed by atoms with van der Waals surface area (Å²) in [6.07, 6.45) is 2.71. The molecule has 94 valence electrons. The zero-order chi connectivity index (χ0) is 12.3. The normalized spacial score (nSPS) is 14.8. The zero-order valence-corrected chi connectivity index (χ0v) is 11.0. The molecule has 0 aliphatic heterocycles. The van der Waals surface area contributed by atoms with Crippen LogP contribution >= 0.6 is 11.6 Å². The summed E-state index contributed by atoms with van der Waals surface area (Å²) in [5, 5.41) is 4.05. The minimum absolute atomic E-state index is 0.611. The van der Waals surface area contributed by atoms with E-state index in [-0.39, 0.29) is 0 Å². The van der Waals surface area contributed by atoms with Gasteiger partial charge in [0.05, 0.1) is 19.2 Å². The molecular weight excluding hydrogens is 238 g/mol. The topological polar surface area (TPSA) is 30.5 Å². The van der Waals surface area contributed by atoms with Crippen molar-refractivity contribution in [3.8, 4) is 11.5 Å². The molecule has 1 aromatic rings. The molecule has 0 heterocycles. The summed E-state index contributed by atoms with van der Waals surface area (Å²) >= 11 is 6.28. The quantitative estimate of drug-likeness (QED) is 0.848. The van der Waals surface area contributed by atoms with Gasteiger partial charge in [0.1, 0.15) is 0 Å². The minimum atomic E-state index is 0.611. The molecule has 0 atom stereocenters. The van der Waals surface area contributed by atoms with Gasteiger partial charge in [-0.1, -0.05) is 17.7 Å². The second kappa shape index (κ2) is 5.61. The SMILES string of the molecule is COc1ccc(CNCC2CC2)c(Cl)c1OC. The lowest BCUT2D eigenvalue weighted by Gasteiger charge is -2.13. The molecule has 0 saturated heterocycles. The number of halogens is 1. The Morgan fingerprint density at radius 3 is 2.65 bits per heavy atom. The fourth-order valence-corrected chi connectivity index (χ4v) is 2.10. The largest absolute Gasteiger partial charge is 0.493 e. The van der Waals surface area contributed by atoms with Crippen LogP contribution in [0, 0.1) is 5.92 Å². The summed E-state index contributed by atoms with van der Waals surface area (Å²) in [5.41, 5.74) is 1.05. The maximum absolute atomic E-state index is 6.28. The third kappa shape index (κ3) is 3.05. The second-order valence-electron chi connectivity index (χ2n) is 4.35. The highest BCUT2D eigenvalue weighted by atomic mass is 35.5. The summed E-state index contributed by atoms with van der Waals surface area (Å²) in [5.74, 6) is 2.15. The Labute approximate surface area is 107 Å². The van der Waals surface area contributed by atoms with Gasteiger partial charge in [0.25, 0.3) is 0 Å². The second-order valence-corrected chi connectivity index (χ2v) is 4.73. The Balaban J connectivity index is 2.04. The monoisotopic (exact) mass is 255 g/mol. The van der Waals surface area contributed by atoms with Crippen molar-refractivity contribution in [3.63, 3.8) is 0 Å². The number of rotatable bonds is 6. The van der Waals surface area contributed by atoms with Gasteiger partial charge in [-0.3, -0.25) is 0 Å². The maximum atomic E-state index is 6.28. The predicted molar refractivity (Wildman–Crippen MR) is 69.0 cm³/mol. The standard InChI is InChI=1S/C13H18ClNO2/c1-16-11-6-5-10(12(14)13(11)17-2)8-15-7-9-3-4-9/h5-6,9,15H,3-4,7-8H2,1-2H3. The average molecular weight is 256 g/mol. The van der Waals surface area contributed by atoms with E-state index in [1.807, 2.05) is 12.1 Å². The third-order valence-electron chi connectivity index (χ3n) is 3.01. The minimum Gasteiger partial charge on any atom is -0.493 e. The van der Waals surface area contributed by atoms with Crippen molar-refractivity contribution in [2.75, 3.05) is 20.8 Å². The molecule has 0 aromatic heterocycles. The highest BCUT2D eigenvalue weighted by molar-refractivity contribution is 6.33. The molecule has 0 bridgehead atoms. The molecule has 0 spiro atoms. The number of hydrogen-bond donors (Lipinski definition) is 1. The van der Waals surface area contributed by atoms with E-state index in [1.54, 1.807) is 14.2 Å². The van der Waals surface area contributed by atoms with Gasteiger partial charge < -0.3 is 14.8 Å². The van der Waals surface area contributed by atoms with Gasteiger partial charge >= 0.3 is 0 Å². The summed E-state index contributed by atoms with van der Waals surface area (Å²) in [7, 11) is 3.21. The molecule has 0 amide bonds. The smallest absolute Gasteiger partial charge is 0.179 e. The van der Waals surface area contributed by atoms with Crippen molar-refractivity contribution in [3.05, 3.63) is 22.7 Å². The van der Waals surface area contributed by atoms with Gasteiger partial charge in [0.15, 0.2) is 11.5 Å². The van der Waals surface area contributed by atoms with Gasteiger partial charge in [-0.25, -0.2) is 0 Å². The van der Waals surface area contributed by atoms with Gasteiger partial charge in [-0.05, 0) is 36.9 Å². The molecule has 1 fully saturated rings. The van der Waals surface area contributed by atoms with E-state index in [2.05, 4.69) is 5.32 Å². The van der Waals surface area contributed by atoms with Gasteiger partial charge in [0.2, 0.25) is 0 Å². The molecule has 4 heteroatoms. The van der Waals surface area contributed by atoms with Crippen LogP contribution in [0.25, 0.3) is 0 Å². The molecule has 3 nitrogen and oxygen atoms in total. The lowest BCUT2D eigenvalue weighted by molar-refractivity contribution is 0.354. The summed E-state index contributed by atoms with van der Waals surface area (Å²) < 4.78 is 10.5. The predicted octanol–water partition coefficient (Wildman–Crippen LogP) is 2.86. The van der Waals surface area contributed by atoms with Crippen LogP contribution in [-0.4, -0.2) is 20.8 Å². The third-order valence-corrected chi connectivity index (χ3v) is 3.42. The fraction of sp³-hybridized carbons (Fsp3) is 0.538. The molecule has 0 unspecified atom stereocenters. The van der Waals surface area contributed by atoms with Crippen LogP contribution in [-0.2, 0) is 6.54 Å². The average Bonchev–Trinajstić information content (AvgIpc) is 3.15. The summed E-state index contributed by atoms with van der Waals surface area (Å²) in [6, 6.07) is 3.86. The molecule has 1 aromatic carbocycles. The lowest BCUT2D eigenvalue weighted by Crippen LogP contribution is -2.16. The van der Waals surface area contributed by atoms with E-state index in [4.69, 9.17) is 21.1 Å². The van der Waals surface area contributed by atoms with Crippen LogP contribution in [0.2, 0.25) is 5.02 Å². The van der Waals surface area contributed by atoms with E-state index in [0.29, 0.717) is 16.5 Å². The number of methoxy groups -OCH3 is 2. The van der Waals surface area contributed by atoms with E-state index in [9.17, 15) is 0 Å². The van der Waals surface area contributed by atoms with Gasteiger partial charge in [0, 0.05) is 6.54 Å². The molecule has 2 rings (SSSR count). The van der Waals surface area contributed by atoms with Crippen molar-refractivity contribution < 1.29 is 9.47 Å². The number of benzene rings is 1. The maximum Gasteiger partial charge on any atom is 0.179 e. The molecule has 1 aliphatic carbocycles. The van der Waals surface area contributed by atoms with Crippen LogP contribution in [0.3, 0.4) is 0 Å². The van der Waals surface area contributed by atoms with Crippen LogP contribution < -0.4 is 14.8 Å². The van der Waals surface area contributed by atoms with E-state index >= 15 is 0 Å². The highest BCUT2D eigenvalue weighted by Gasteiger charge is 2.20. The zero-order valence-electron chi connectivity index (χ0n) is 10.3. The fourth-order valence-electron chi connectivity index (χ4n) is 1.80. The summed E-state index contributed by atoms with van der Waals surface area (Å²) in [6.45, 7) is 1.85. The first-order valence-electron chi connectivity index (χ1n) is 5.86. The first-order chi connectivity index (χ1) is 8.26. The molecule has 1 saturated carbocycles. The van der Waals surface area contributed by atoms with E-state index in [1.165, 1.54) is 12.8 Å². The van der Waals surface area contributed by atoms with E-state index < -0.39 is 0 Å². The van der Waals surface area contributed by atoms with Gasteiger partial charge in [-0.2, -0.15) is 0 Å². The van der Waals surface area contributed by atoms with Crippen molar-refractivity contribution in [2.24, 2.45) is 5.92 Å². The first kappa shape index (κ1) is 12.5. The van der Waals surface area contributed by atoms with Crippen LogP contribution in [0.4, 0.5) is 0 Å². The Bertz CT molecular complexity index is 391. The summed E-state index contributed by atoms with van der Waals surface area (Å²) in [4.78, 5) is 0. The Kier molecular flexibility index (Phi) is 4.13. The highest BCUT2D eigenvalue weighted by Crippen LogP contribution is 2.37. The number of hydrogen-bond acceptors (Lipinski definition) is 3. The van der Waals surface area contributed by atoms with E-state index in [0.717, 1.165) is 24.6 Å². The van der Waals surface area contributed by atoms with Crippen LogP contribution in [0.1, 0.15) is 18.4 Å². The van der Waals surface area contributed by atoms with Crippen molar-refractivity contribution in [2.45, 2.75) is 19.4 Å². The Morgan fingerprint density at radius 2 is 2.06 bits per heavy atom. The number of ether oxygens (including phenoxy) is 2. The lowest BCUT2D eigenvalue weighted by atomic mass is 10.2. The molecule has 17 heavy (non-hydrogen) atoms. The molecular formula is C13H18ClNO2. The van der Waals surface area contributed by atoms with Crippen molar-refractivity contribution in [1.29, 1.82) is 0 Å². The van der Waals surface area contributed by atoms with Crippen molar-refractivity contribution in [1.82, 2.24) is 5.32 Å². The van der Waals surface area contributed by atoms with Gasteiger partial charge in [-0.15, -0.1) is 0 Å². The molecule has 1 aliphatic rings. The van der Waals surface area contributed by atoms with Crippen LogP contribution in [0.15, 0.2) is 12.1 Å². The van der Waals surface area contributed by atoms with Crippen LogP contribution in [0.5, 0.6) is 11.5 Å². The Hall–Kier alpha value is -0.930.